The molecule has 0 N–H and O–H groups in total. The summed E-state index contributed by atoms with van der Waals surface area (Å²) in [6, 6.07) is -1.95. The molecular weight excluding hydrogens is 247 g/mol. The zero-order valence-electron chi connectivity index (χ0n) is 23.0. The minimum absolute atomic E-state index is 0.455. The van der Waals surface area contributed by atoms with E-state index < -0.39 is 80.5 Å². The van der Waals surface area contributed by atoms with E-state index in [2.05, 4.69) is 0 Å². The zero-order valence-corrected chi connectivity index (χ0v) is 9.62. The minimum atomic E-state index is -4.45. The molecule has 93 valence electrons. The summed E-state index contributed by atoms with van der Waals surface area (Å²) >= 11 is 0. The normalized spacial score (nSPS) is 43.0. The summed E-state index contributed by atoms with van der Waals surface area (Å²) in [5.74, 6) is 0. The van der Waals surface area contributed by atoms with Gasteiger partial charge in [0.15, 0.2) is 8.87 Å². The standard InChI is InChI=1S/C10H18NO3S2/c1-9(2)6-8(7-15-16(5,13)14)10(3,4)11(9)12/h6H,7H2,1-5H3/i1D3,2D3,3D3,4D3,6D,7D2,11+1. The molecule has 0 aromatic heterocycles. The van der Waals surface area contributed by atoms with Crippen LogP contribution in [-0.2, 0) is 14.1 Å². The van der Waals surface area contributed by atoms with Crippen LogP contribution in [0.25, 0.3) is 0 Å². The van der Waals surface area contributed by atoms with Gasteiger partial charge in [-0.3, -0.25) is 0 Å². The van der Waals surface area contributed by atoms with Gasteiger partial charge < -0.3 is 0 Å². The number of hydrogen-bond donors (Lipinski definition) is 0. The first-order chi connectivity index (χ1) is 13.1. The Labute approximate surface area is 122 Å². The van der Waals surface area contributed by atoms with Crippen molar-refractivity contribution >= 4 is 19.7 Å². The topological polar surface area (TPSA) is 57.3 Å². The summed E-state index contributed by atoms with van der Waals surface area (Å²) in [6.45, 7) is -16.3. The summed E-state index contributed by atoms with van der Waals surface area (Å²) < 4.78 is 140. The Morgan fingerprint density at radius 2 is 2.19 bits per heavy atom. The molecule has 0 atom stereocenters. The molecule has 1 aliphatic rings. The Hall–Kier alpha value is -0.0400. The monoisotopic (exact) mass is 280 g/mol. The molecule has 1 heterocycles. The van der Waals surface area contributed by atoms with E-state index in [9.17, 15) is 13.6 Å². The molecule has 0 aliphatic carbocycles. The molecule has 6 heteroatoms. The van der Waals surface area contributed by atoms with E-state index in [1.807, 2.05) is 0 Å². The van der Waals surface area contributed by atoms with Crippen molar-refractivity contribution in [3.8, 4) is 0 Å². The van der Waals surface area contributed by atoms with Crippen molar-refractivity contribution < 1.29 is 34.2 Å². The SMILES string of the molecule is [2H]C1=C(C([2H])([2H])SS(C)(=O)=O)C(C([2H])([2H])[2H])(C([2H])([2H])[2H])[15N]([O])C1(C([2H])([2H])[2H])C([2H])([2H])[2H]. The first kappa shape index (κ1) is 3.73. The molecule has 0 amide bonds. The molecule has 0 bridgehead atoms. The molecule has 1 aliphatic heterocycles. The van der Waals surface area contributed by atoms with E-state index in [-0.39, 0.29) is 0 Å². The highest BCUT2D eigenvalue weighted by Gasteiger charge is 2.46. The molecule has 1 radical (unpaired) electrons. The number of nitrogens with zero attached hydrogens (tertiary/aromatic N) is 1. The number of hydroxylamine groups is 2. The first-order valence-corrected chi connectivity index (χ1v) is 6.97. The van der Waals surface area contributed by atoms with Gasteiger partial charge in [0.05, 0.1) is 12.4 Å². The Morgan fingerprint density at radius 3 is 2.62 bits per heavy atom. The van der Waals surface area contributed by atoms with Crippen LogP contribution >= 0.6 is 10.8 Å². The van der Waals surface area contributed by atoms with Gasteiger partial charge in [-0.15, -0.1) is 10.3 Å². The van der Waals surface area contributed by atoms with E-state index in [0.717, 1.165) is 0 Å². The van der Waals surface area contributed by atoms with Gasteiger partial charge in [-0.05, 0) is 43.8 Å². The van der Waals surface area contributed by atoms with Crippen LogP contribution in [0, 0.1) is 0 Å². The average molecular weight is 280 g/mol. The molecule has 0 unspecified atom stereocenters. The Balaban J connectivity index is 4.48. The fourth-order valence-electron chi connectivity index (χ4n) is 0.892. The lowest BCUT2D eigenvalue weighted by Gasteiger charge is -2.33. The molecule has 0 saturated carbocycles. The van der Waals surface area contributed by atoms with Crippen molar-refractivity contribution in [3.05, 3.63) is 11.6 Å². The summed E-state index contributed by atoms with van der Waals surface area (Å²) in [6.07, 6.45) is 0.455. The van der Waals surface area contributed by atoms with Crippen molar-refractivity contribution in [1.82, 2.24) is 5.06 Å². The lowest BCUT2D eigenvalue weighted by atomic mass is 10.00. The predicted octanol–water partition coefficient (Wildman–Crippen LogP) is 1.82. The van der Waals surface area contributed by atoms with Crippen LogP contribution in [0.2, 0.25) is 0 Å². The van der Waals surface area contributed by atoms with Crippen LogP contribution in [0.1, 0.15) is 48.0 Å². The summed E-state index contributed by atoms with van der Waals surface area (Å²) in [4.78, 5) is 0. The van der Waals surface area contributed by atoms with Crippen LogP contribution in [0.4, 0.5) is 0 Å². The van der Waals surface area contributed by atoms with Gasteiger partial charge >= 0.3 is 0 Å². The Kier molecular flexibility index (Phi) is 0.934. The first-order valence-electron chi connectivity index (χ1n) is 11.2. The van der Waals surface area contributed by atoms with Gasteiger partial charge in [0, 0.05) is 31.2 Å². The van der Waals surface area contributed by atoms with E-state index in [0.29, 0.717) is 6.26 Å². The predicted molar refractivity (Wildman–Crippen MR) is 66.1 cm³/mol. The van der Waals surface area contributed by atoms with E-state index >= 15 is 0 Å². The smallest absolute Gasteiger partial charge is 0.199 e. The minimum Gasteiger partial charge on any atom is -0.218 e. The van der Waals surface area contributed by atoms with Crippen LogP contribution in [0.3, 0.4) is 0 Å². The van der Waals surface area contributed by atoms with Crippen LogP contribution in [0.5, 0.6) is 0 Å². The number of hydrogen-bond acceptors (Lipinski definition) is 4. The second-order valence-corrected chi connectivity index (χ2v) is 7.20. The van der Waals surface area contributed by atoms with Crippen molar-refractivity contribution in [2.45, 2.75) is 38.5 Å². The van der Waals surface area contributed by atoms with Gasteiger partial charge in [0.25, 0.3) is 0 Å². The second kappa shape index (κ2) is 4.01. The van der Waals surface area contributed by atoms with Crippen molar-refractivity contribution in [2.24, 2.45) is 0 Å². The lowest BCUT2D eigenvalue weighted by molar-refractivity contribution is -0.238. The summed E-state index contributed by atoms with van der Waals surface area (Å²) in [5, 5.41) is 12.1. The lowest BCUT2D eigenvalue weighted by Crippen LogP contribution is -2.47. The van der Waals surface area contributed by atoms with Gasteiger partial charge in [-0.25, -0.2) is 8.42 Å². The van der Waals surface area contributed by atoms with Crippen LogP contribution in [0.15, 0.2) is 11.6 Å². The highest BCUT2D eigenvalue weighted by atomic mass is 33.1. The van der Waals surface area contributed by atoms with Crippen molar-refractivity contribution in [3.63, 3.8) is 0 Å². The summed E-state index contributed by atoms with van der Waals surface area (Å²) in [7, 11) is -5.14. The quantitative estimate of drug-likeness (QED) is 0.449. The fourth-order valence-corrected chi connectivity index (χ4v) is 2.03. The third kappa shape index (κ3) is 2.80. The molecule has 0 aromatic carbocycles. The van der Waals surface area contributed by atoms with E-state index in [4.69, 9.17) is 20.6 Å². The van der Waals surface area contributed by atoms with Gasteiger partial charge in [0.1, 0.15) is 0 Å². The maximum Gasteiger partial charge on any atom is 0.199 e. The molecule has 16 heavy (non-hydrogen) atoms. The maximum atomic E-state index is 13.4. The Bertz CT molecular complexity index is 835. The van der Waals surface area contributed by atoms with E-state index in [1.54, 1.807) is 0 Å². The van der Waals surface area contributed by atoms with Gasteiger partial charge in [-0.2, -0.15) is 0 Å². The fraction of sp³-hybridized carbons (Fsp3) is 0.800. The average Bonchev–Trinajstić information content (AvgIpc) is 2.59. The van der Waals surface area contributed by atoms with Crippen molar-refractivity contribution in [2.75, 3.05) is 12.0 Å². The van der Waals surface area contributed by atoms with Gasteiger partial charge in [-0.1, -0.05) is 6.05 Å². The molecule has 4 nitrogen and oxygen atoms in total. The molecule has 1 rings (SSSR count). The second-order valence-electron chi connectivity index (χ2n) is 3.10. The molecule has 0 saturated heterocycles. The molecule has 0 spiro atoms. The van der Waals surface area contributed by atoms with Gasteiger partial charge in [0.2, 0.25) is 0 Å². The highest BCUT2D eigenvalue weighted by Crippen LogP contribution is 2.40. The largest absolute Gasteiger partial charge is 0.218 e. The third-order valence-electron chi connectivity index (χ3n) is 1.57. The molecule has 0 fully saturated rings. The van der Waals surface area contributed by atoms with E-state index in [1.165, 1.54) is 0 Å². The van der Waals surface area contributed by atoms with Crippen LogP contribution < -0.4 is 0 Å². The molecule has 0 aromatic rings. The van der Waals surface area contributed by atoms with Crippen LogP contribution in [-0.4, -0.2) is 36.5 Å². The highest BCUT2D eigenvalue weighted by molar-refractivity contribution is 8.71. The summed E-state index contributed by atoms with van der Waals surface area (Å²) in [5.41, 5.74) is -13.9. The maximum absolute atomic E-state index is 13.4. The number of rotatable bonds is 3. The van der Waals surface area contributed by atoms with Crippen molar-refractivity contribution in [1.29, 1.82) is 0 Å². The molecular formula is C10H18NO3S2. The third-order valence-corrected chi connectivity index (χ3v) is 3.32. The Morgan fingerprint density at radius 1 is 1.56 bits per heavy atom. The zero-order chi connectivity index (χ0) is 25.4.